The Kier molecular flexibility index (Phi) is 7.29. The van der Waals surface area contributed by atoms with E-state index in [4.69, 9.17) is 10.5 Å². The highest BCUT2D eigenvalue weighted by molar-refractivity contribution is 5.94. The summed E-state index contributed by atoms with van der Waals surface area (Å²) in [6, 6.07) is 22.8. The van der Waals surface area contributed by atoms with Gasteiger partial charge in [-0.15, -0.1) is 0 Å². The third-order valence-electron chi connectivity index (χ3n) is 5.36. The van der Waals surface area contributed by atoms with Crippen molar-refractivity contribution in [3.63, 3.8) is 0 Å². The summed E-state index contributed by atoms with van der Waals surface area (Å²) in [6.07, 6.45) is 4.18. The van der Waals surface area contributed by atoms with E-state index in [0.717, 1.165) is 48.1 Å². The largest absolute Gasteiger partial charge is 0.481 e. The van der Waals surface area contributed by atoms with Gasteiger partial charge < -0.3 is 10.5 Å². The summed E-state index contributed by atoms with van der Waals surface area (Å²) < 4.78 is 6.45. The Morgan fingerprint density at radius 1 is 0.833 bits per heavy atom. The smallest absolute Gasteiger partial charge is 0.248 e. The maximum absolute atomic E-state index is 11.5. The zero-order valence-corrected chi connectivity index (χ0v) is 18.2. The van der Waals surface area contributed by atoms with Gasteiger partial charge in [0.25, 0.3) is 0 Å². The van der Waals surface area contributed by atoms with E-state index in [0.29, 0.717) is 5.56 Å². The summed E-state index contributed by atoms with van der Waals surface area (Å²) >= 11 is 0. The summed E-state index contributed by atoms with van der Waals surface area (Å²) in [5.74, 6) is 0.298. The molecule has 156 valence electrons. The Labute approximate surface area is 179 Å². The number of aryl methyl sites for hydroxylation is 3. The van der Waals surface area contributed by atoms with Gasteiger partial charge in [-0.1, -0.05) is 75.2 Å². The number of primary amides is 1. The molecule has 0 aromatic heterocycles. The molecule has 0 aliphatic rings. The van der Waals surface area contributed by atoms with Crippen molar-refractivity contribution < 1.29 is 9.53 Å². The Morgan fingerprint density at radius 2 is 1.33 bits per heavy atom. The maximum atomic E-state index is 11.5. The molecule has 2 N–H and O–H groups in total. The predicted octanol–water partition coefficient (Wildman–Crippen LogP) is 6.17. The molecule has 3 heteroatoms. The highest BCUT2D eigenvalue weighted by Crippen LogP contribution is 2.30. The molecule has 0 saturated carbocycles. The number of carbonyl (C=O) groups excluding carboxylic acids is 1. The second-order valence-electron chi connectivity index (χ2n) is 7.82. The molecule has 0 atom stereocenters. The van der Waals surface area contributed by atoms with Gasteiger partial charge in [-0.2, -0.15) is 0 Å². The van der Waals surface area contributed by atoms with Crippen molar-refractivity contribution in [3.8, 4) is 5.75 Å². The van der Waals surface area contributed by atoms with Crippen molar-refractivity contribution in [3.05, 3.63) is 100 Å². The van der Waals surface area contributed by atoms with Gasteiger partial charge in [0.2, 0.25) is 5.91 Å². The lowest BCUT2D eigenvalue weighted by Gasteiger charge is -2.21. The van der Waals surface area contributed by atoms with Crippen LogP contribution in [-0.4, -0.2) is 5.91 Å². The molecular weight excluding hydrogens is 370 g/mol. The molecule has 3 aromatic rings. The maximum Gasteiger partial charge on any atom is 0.248 e. The molecule has 3 nitrogen and oxygen atoms in total. The SMILES string of the molecule is CCCc1ccc(C(Oc2ccc(C(N)=O)c(C)c2)c2ccc(CCC)cc2)cc1. The number of hydrogen-bond donors (Lipinski definition) is 1. The number of hydrogen-bond acceptors (Lipinski definition) is 2. The van der Waals surface area contributed by atoms with Crippen LogP contribution in [0.25, 0.3) is 0 Å². The fourth-order valence-corrected chi connectivity index (χ4v) is 3.75. The van der Waals surface area contributed by atoms with Crippen molar-refractivity contribution in [1.29, 1.82) is 0 Å². The minimum atomic E-state index is -0.423. The molecule has 1 amide bonds. The second kappa shape index (κ2) is 10.1. The monoisotopic (exact) mass is 401 g/mol. The van der Waals surface area contributed by atoms with Crippen LogP contribution in [0.2, 0.25) is 0 Å². The topological polar surface area (TPSA) is 52.3 Å². The minimum absolute atomic E-state index is 0.227. The van der Waals surface area contributed by atoms with Gasteiger partial charge in [-0.3, -0.25) is 4.79 Å². The third-order valence-corrected chi connectivity index (χ3v) is 5.36. The molecule has 0 aliphatic heterocycles. The van der Waals surface area contributed by atoms with Crippen LogP contribution in [-0.2, 0) is 12.8 Å². The summed E-state index contributed by atoms with van der Waals surface area (Å²) in [7, 11) is 0. The Hall–Kier alpha value is -3.07. The molecule has 0 aliphatic carbocycles. The lowest BCUT2D eigenvalue weighted by Crippen LogP contribution is -2.13. The van der Waals surface area contributed by atoms with Crippen LogP contribution in [0.5, 0.6) is 5.75 Å². The van der Waals surface area contributed by atoms with Crippen molar-refractivity contribution in [2.24, 2.45) is 5.73 Å². The first-order valence-corrected chi connectivity index (χ1v) is 10.8. The van der Waals surface area contributed by atoms with Gasteiger partial charge >= 0.3 is 0 Å². The molecule has 0 radical (unpaired) electrons. The molecule has 30 heavy (non-hydrogen) atoms. The number of carbonyl (C=O) groups is 1. The van der Waals surface area contributed by atoms with Crippen LogP contribution < -0.4 is 10.5 Å². The average Bonchev–Trinajstić information content (AvgIpc) is 2.74. The summed E-state index contributed by atoms with van der Waals surface area (Å²) in [4.78, 5) is 11.5. The molecule has 0 fully saturated rings. The van der Waals surface area contributed by atoms with Crippen molar-refractivity contribution in [2.75, 3.05) is 0 Å². The lowest BCUT2D eigenvalue weighted by molar-refractivity contribution is 0.0999. The zero-order chi connectivity index (χ0) is 21.5. The molecular formula is C27H31NO2. The van der Waals surface area contributed by atoms with Crippen LogP contribution in [0.4, 0.5) is 0 Å². The van der Waals surface area contributed by atoms with Crippen LogP contribution in [0.15, 0.2) is 66.7 Å². The van der Waals surface area contributed by atoms with E-state index < -0.39 is 5.91 Å². The minimum Gasteiger partial charge on any atom is -0.481 e. The van der Waals surface area contributed by atoms with E-state index in [-0.39, 0.29) is 6.10 Å². The van der Waals surface area contributed by atoms with Gasteiger partial charge in [-0.05, 0) is 65.8 Å². The molecule has 0 heterocycles. The zero-order valence-electron chi connectivity index (χ0n) is 18.2. The highest BCUT2D eigenvalue weighted by Gasteiger charge is 2.17. The highest BCUT2D eigenvalue weighted by atomic mass is 16.5. The van der Waals surface area contributed by atoms with Crippen LogP contribution >= 0.6 is 0 Å². The number of amides is 1. The molecule has 0 unspecified atom stereocenters. The van der Waals surface area contributed by atoms with E-state index in [1.165, 1.54) is 11.1 Å². The quantitative estimate of drug-likeness (QED) is 0.466. The first kappa shape index (κ1) is 21.6. The molecule has 0 spiro atoms. The number of benzene rings is 3. The van der Waals surface area contributed by atoms with E-state index in [2.05, 4.69) is 62.4 Å². The first-order valence-electron chi connectivity index (χ1n) is 10.8. The fraction of sp³-hybridized carbons (Fsp3) is 0.296. The Morgan fingerprint density at radius 3 is 1.73 bits per heavy atom. The van der Waals surface area contributed by atoms with Crippen molar-refractivity contribution >= 4 is 5.91 Å². The summed E-state index contributed by atoms with van der Waals surface area (Å²) in [6.45, 7) is 6.26. The van der Waals surface area contributed by atoms with Crippen LogP contribution in [0, 0.1) is 6.92 Å². The number of ether oxygens (including phenoxy) is 1. The van der Waals surface area contributed by atoms with Gasteiger partial charge in [0.1, 0.15) is 11.9 Å². The number of nitrogens with two attached hydrogens (primary N) is 1. The van der Waals surface area contributed by atoms with E-state index >= 15 is 0 Å². The van der Waals surface area contributed by atoms with Gasteiger partial charge in [0.15, 0.2) is 0 Å². The lowest BCUT2D eigenvalue weighted by atomic mass is 9.97. The Balaban J connectivity index is 1.94. The van der Waals surface area contributed by atoms with E-state index in [1.807, 2.05) is 19.1 Å². The molecule has 3 rings (SSSR count). The van der Waals surface area contributed by atoms with Crippen molar-refractivity contribution in [2.45, 2.75) is 52.6 Å². The fourth-order valence-electron chi connectivity index (χ4n) is 3.75. The van der Waals surface area contributed by atoms with E-state index in [1.54, 1.807) is 6.07 Å². The molecule has 0 bridgehead atoms. The van der Waals surface area contributed by atoms with Gasteiger partial charge in [0, 0.05) is 5.56 Å². The van der Waals surface area contributed by atoms with Crippen molar-refractivity contribution in [1.82, 2.24) is 0 Å². The summed E-state index contributed by atoms with van der Waals surface area (Å²) in [5, 5.41) is 0. The molecule has 3 aromatic carbocycles. The van der Waals surface area contributed by atoms with E-state index in [9.17, 15) is 4.79 Å². The molecule has 0 saturated heterocycles. The predicted molar refractivity (Wildman–Crippen MR) is 123 cm³/mol. The normalized spacial score (nSPS) is 10.9. The average molecular weight is 402 g/mol. The first-order chi connectivity index (χ1) is 14.5. The van der Waals surface area contributed by atoms with Crippen LogP contribution in [0.1, 0.15) is 71.0 Å². The number of rotatable bonds is 9. The Bertz CT molecular complexity index is 925. The van der Waals surface area contributed by atoms with Crippen LogP contribution in [0.3, 0.4) is 0 Å². The standard InChI is InChI=1S/C27H31NO2/c1-4-6-20-8-12-22(13-9-20)26(23-14-10-21(7-5-2)11-15-23)30-24-16-17-25(27(28)29)19(3)18-24/h8-18,26H,4-7H2,1-3H3,(H2,28,29). The second-order valence-corrected chi connectivity index (χ2v) is 7.82. The summed E-state index contributed by atoms with van der Waals surface area (Å²) in [5.41, 5.74) is 11.7. The van der Waals surface area contributed by atoms with Gasteiger partial charge in [-0.25, -0.2) is 0 Å². The third kappa shape index (κ3) is 5.29. The van der Waals surface area contributed by atoms with Gasteiger partial charge in [0.05, 0.1) is 0 Å².